The fraction of sp³-hybridized carbons (Fsp3) is 0.643. The number of aliphatic hydroxyl groups is 1. The largest absolute Gasteiger partial charge is 0.393 e. The summed E-state index contributed by atoms with van der Waals surface area (Å²) in [5.74, 6) is -0.229. The number of carbonyl (C=O) groups is 1. The van der Waals surface area contributed by atoms with Crippen LogP contribution in [0.1, 0.15) is 35.0 Å². The second-order valence-electron chi connectivity index (χ2n) is 5.60. The number of aromatic nitrogens is 2. The number of rotatable bonds is 1. The third-order valence-electron chi connectivity index (χ3n) is 4.09. The standard InChI is InChI=1S/C14H21N3O3/c1-8-7-17(6-5-11(8)18)14(20)12-9(2)10(3)15-16(4)13(12)19/h8,11,18H,5-7H2,1-4H3. The first-order valence-electron chi connectivity index (χ1n) is 6.84. The molecule has 1 aliphatic rings. The molecule has 0 bridgehead atoms. The number of likely N-dealkylation sites (tertiary alicyclic amines) is 1. The number of hydrogen-bond acceptors (Lipinski definition) is 4. The number of amides is 1. The lowest BCUT2D eigenvalue weighted by molar-refractivity contribution is 0.0295. The smallest absolute Gasteiger partial charge is 0.279 e. The van der Waals surface area contributed by atoms with Gasteiger partial charge in [-0.3, -0.25) is 9.59 Å². The Morgan fingerprint density at radius 3 is 2.65 bits per heavy atom. The molecule has 1 saturated heterocycles. The number of carbonyl (C=O) groups excluding carboxylic acids is 1. The minimum absolute atomic E-state index is 0.0276. The van der Waals surface area contributed by atoms with Gasteiger partial charge in [-0.2, -0.15) is 5.10 Å². The van der Waals surface area contributed by atoms with Crippen molar-refractivity contribution in [3.63, 3.8) is 0 Å². The Hall–Kier alpha value is -1.69. The maximum Gasteiger partial charge on any atom is 0.279 e. The SMILES string of the molecule is Cc1nn(C)c(=O)c(C(=O)N2CCC(O)C(C)C2)c1C. The number of piperidine rings is 1. The summed E-state index contributed by atoms with van der Waals surface area (Å²) in [4.78, 5) is 26.4. The lowest BCUT2D eigenvalue weighted by Crippen LogP contribution is -2.47. The quantitative estimate of drug-likeness (QED) is 0.799. The molecule has 6 heteroatoms. The topological polar surface area (TPSA) is 75.4 Å². The van der Waals surface area contributed by atoms with Crippen LogP contribution >= 0.6 is 0 Å². The minimum Gasteiger partial charge on any atom is -0.393 e. The normalized spacial score (nSPS) is 22.9. The van der Waals surface area contributed by atoms with Gasteiger partial charge in [0.1, 0.15) is 5.56 Å². The monoisotopic (exact) mass is 279 g/mol. The predicted molar refractivity (Wildman–Crippen MR) is 74.6 cm³/mol. The Kier molecular flexibility index (Phi) is 3.94. The van der Waals surface area contributed by atoms with Crippen molar-refractivity contribution >= 4 is 5.91 Å². The second kappa shape index (κ2) is 5.36. The van der Waals surface area contributed by atoms with E-state index in [1.807, 2.05) is 6.92 Å². The van der Waals surface area contributed by atoms with Crippen LogP contribution in [0.5, 0.6) is 0 Å². The van der Waals surface area contributed by atoms with E-state index in [-0.39, 0.29) is 29.1 Å². The van der Waals surface area contributed by atoms with E-state index in [1.54, 1.807) is 25.8 Å². The van der Waals surface area contributed by atoms with Crippen LogP contribution in [-0.2, 0) is 7.05 Å². The highest BCUT2D eigenvalue weighted by Crippen LogP contribution is 2.19. The van der Waals surface area contributed by atoms with Crippen molar-refractivity contribution in [1.29, 1.82) is 0 Å². The van der Waals surface area contributed by atoms with Gasteiger partial charge in [0.15, 0.2) is 0 Å². The summed E-state index contributed by atoms with van der Waals surface area (Å²) in [6.07, 6.45) is 0.179. The van der Waals surface area contributed by atoms with Crippen molar-refractivity contribution in [2.75, 3.05) is 13.1 Å². The maximum absolute atomic E-state index is 12.6. The molecule has 2 heterocycles. The van der Waals surface area contributed by atoms with Crippen LogP contribution in [0.4, 0.5) is 0 Å². The summed E-state index contributed by atoms with van der Waals surface area (Å²) in [7, 11) is 1.55. The van der Waals surface area contributed by atoms with Crippen LogP contribution in [0.2, 0.25) is 0 Å². The molecule has 2 rings (SSSR count). The van der Waals surface area contributed by atoms with E-state index in [4.69, 9.17) is 0 Å². The molecule has 0 spiro atoms. The minimum atomic E-state index is -0.373. The highest BCUT2D eigenvalue weighted by molar-refractivity contribution is 5.95. The summed E-state index contributed by atoms with van der Waals surface area (Å²) >= 11 is 0. The van der Waals surface area contributed by atoms with E-state index < -0.39 is 0 Å². The fourth-order valence-electron chi connectivity index (χ4n) is 2.58. The Bertz CT molecular complexity index is 594. The van der Waals surface area contributed by atoms with Gasteiger partial charge in [-0.15, -0.1) is 0 Å². The van der Waals surface area contributed by atoms with Crippen LogP contribution in [-0.4, -0.2) is 44.9 Å². The Morgan fingerprint density at radius 2 is 2.05 bits per heavy atom. The fourth-order valence-corrected chi connectivity index (χ4v) is 2.58. The van der Waals surface area contributed by atoms with Gasteiger partial charge >= 0.3 is 0 Å². The van der Waals surface area contributed by atoms with Crippen LogP contribution in [0, 0.1) is 19.8 Å². The van der Waals surface area contributed by atoms with Crippen molar-refractivity contribution in [3.8, 4) is 0 Å². The van der Waals surface area contributed by atoms with Crippen molar-refractivity contribution < 1.29 is 9.90 Å². The third kappa shape index (κ3) is 2.47. The molecular weight excluding hydrogens is 258 g/mol. The summed E-state index contributed by atoms with van der Waals surface area (Å²) in [6, 6.07) is 0. The zero-order valence-electron chi connectivity index (χ0n) is 12.4. The molecule has 1 aromatic heterocycles. The number of aryl methyl sites for hydroxylation is 2. The molecule has 1 amide bonds. The molecule has 6 nitrogen and oxygen atoms in total. The van der Waals surface area contributed by atoms with E-state index in [2.05, 4.69) is 5.10 Å². The lowest BCUT2D eigenvalue weighted by Gasteiger charge is -2.34. The molecule has 0 aliphatic carbocycles. The van der Waals surface area contributed by atoms with E-state index in [1.165, 1.54) is 4.68 Å². The second-order valence-corrected chi connectivity index (χ2v) is 5.60. The molecule has 20 heavy (non-hydrogen) atoms. The summed E-state index contributed by atoms with van der Waals surface area (Å²) in [5, 5.41) is 13.8. The van der Waals surface area contributed by atoms with Gasteiger partial charge in [-0.1, -0.05) is 6.92 Å². The molecule has 0 aromatic carbocycles. The maximum atomic E-state index is 12.6. The zero-order valence-corrected chi connectivity index (χ0v) is 12.4. The average molecular weight is 279 g/mol. The number of aliphatic hydroxyl groups excluding tert-OH is 1. The molecule has 1 N–H and O–H groups in total. The summed E-state index contributed by atoms with van der Waals surface area (Å²) in [5.41, 5.74) is 1.15. The molecule has 1 aliphatic heterocycles. The summed E-state index contributed by atoms with van der Waals surface area (Å²) in [6.45, 7) is 6.40. The van der Waals surface area contributed by atoms with Crippen molar-refractivity contribution in [1.82, 2.24) is 14.7 Å². The van der Waals surface area contributed by atoms with Crippen LogP contribution in [0.3, 0.4) is 0 Å². The van der Waals surface area contributed by atoms with Crippen molar-refractivity contribution in [2.45, 2.75) is 33.3 Å². The molecule has 2 unspecified atom stereocenters. The van der Waals surface area contributed by atoms with E-state index >= 15 is 0 Å². The summed E-state index contributed by atoms with van der Waals surface area (Å²) < 4.78 is 1.21. The number of hydrogen-bond donors (Lipinski definition) is 1. The molecule has 0 radical (unpaired) electrons. The van der Waals surface area contributed by atoms with Gasteiger partial charge in [0, 0.05) is 20.1 Å². The van der Waals surface area contributed by atoms with Gasteiger partial charge in [0.25, 0.3) is 11.5 Å². The third-order valence-corrected chi connectivity index (χ3v) is 4.09. The first-order chi connectivity index (χ1) is 9.32. The molecular formula is C14H21N3O3. The van der Waals surface area contributed by atoms with E-state index in [0.717, 1.165) is 0 Å². The Labute approximate surface area is 118 Å². The molecule has 1 fully saturated rings. The number of nitrogens with zero attached hydrogens (tertiary/aromatic N) is 3. The van der Waals surface area contributed by atoms with Gasteiger partial charge in [-0.05, 0) is 31.7 Å². The van der Waals surface area contributed by atoms with E-state index in [0.29, 0.717) is 30.8 Å². The van der Waals surface area contributed by atoms with Crippen LogP contribution in [0.15, 0.2) is 4.79 Å². The molecule has 2 atom stereocenters. The highest BCUT2D eigenvalue weighted by atomic mass is 16.3. The first kappa shape index (κ1) is 14.7. The van der Waals surface area contributed by atoms with Gasteiger partial charge in [0.2, 0.25) is 0 Å². The molecule has 110 valence electrons. The molecule has 1 aromatic rings. The van der Waals surface area contributed by atoms with Crippen molar-refractivity contribution in [3.05, 3.63) is 27.2 Å². The van der Waals surface area contributed by atoms with E-state index in [9.17, 15) is 14.7 Å². The zero-order chi connectivity index (χ0) is 15.0. The van der Waals surface area contributed by atoms with Gasteiger partial charge in [-0.25, -0.2) is 4.68 Å². The van der Waals surface area contributed by atoms with Gasteiger partial charge in [0.05, 0.1) is 11.8 Å². The van der Waals surface area contributed by atoms with Crippen molar-refractivity contribution in [2.24, 2.45) is 13.0 Å². The van der Waals surface area contributed by atoms with Crippen LogP contribution in [0.25, 0.3) is 0 Å². The Balaban J connectivity index is 2.37. The van der Waals surface area contributed by atoms with Crippen LogP contribution < -0.4 is 5.56 Å². The highest BCUT2D eigenvalue weighted by Gasteiger charge is 2.30. The predicted octanol–water partition coefficient (Wildman–Crippen LogP) is 0.240. The first-order valence-corrected chi connectivity index (χ1v) is 6.84. The Morgan fingerprint density at radius 1 is 1.40 bits per heavy atom. The molecule has 0 saturated carbocycles. The van der Waals surface area contributed by atoms with Gasteiger partial charge < -0.3 is 10.0 Å². The average Bonchev–Trinajstić information content (AvgIpc) is 2.40. The lowest BCUT2D eigenvalue weighted by atomic mass is 9.96.